The molecule has 1 saturated heterocycles. The fourth-order valence-electron chi connectivity index (χ4n) is 2.85. The molecule has 1 aliphatic heterocycles. The van der Waals surface area contributed by atoms with Crippen molar-refractivity contribution in [1.82, 2.24) is 5.32 Å². The Morgan fingerprint density at radius 2 is 1.84 bits per heavy atom. The smallest absolute Gasteiger partial charge is 0.269 e. The van der Waals surface area contributed by atoms with Crippen LogP contribution in [0.5, 0.6) is 5.75 Å². The number of rotatable bonds is 6. The molecule has 1 aliphatic rings. The van der Waals surface area contributed by atoms with Gasteiger partial charge >= 0.3 is 0 Å². The summed E-state index contributed by atoms with van der Waals surface area (Å²) in [4.78, 5) is 27.5. The average molecular weight is 466 g/mol. The van der Waals surface area contributed by atoms with Crippen LogP contribution in [0, 0.1) is 10.1 Å². The molecular formula is C23H16ClN3O4S. The number of amides is 1. The van der Waals surface area contributed by atoms with Gasteiger partial charge in [-0.1, -0.05) is 35.9 Å². The number of para-hydroxylation sites is 1. The maximum absolute atomic E-state index is 12.3. The minimum absolute atomic E-state index is 0.0231. The van der Waals surface area contributed by atoms with Gasteiger partial charge in [-0.3, -0.25) is 14.9 Å². The van der Waals surface area contributed by atoms with Gasteiger partial charge in [-0.05, 0) is 65.4 Å². The van der Waals surface area contributed by atoms with Crippen LogP contribution in [0.4, 0.5) is 11.4 Å². The van der Waals surface area contributed by atoms with E-state index >= 15 is 0 Å². The number of aliphatic imine (C=N–C) groups is 1. The largest absolute Gasteiger partial charge is 0.487 e. The van der Waals surface area contributed by atoms with E-state index in [2.05, 4.69) is 10.3 Å². The number of halogens is 1. The highest BCUT2D eigenvalue weighted by molar-refractivity contribution is 8.18. The first-order valence-corrected chi connectivity index (χ1v) is 10.7. The zero-order valence-corrected chi connectivity index (χ0v) is 18.1. The maximum Gasteiger partial charge on any atom is 0.269 e. The number of amidine groups is 1. The van der Waals surface area contributed by atoms with Crippen molar-refractivity contribution in [2.75, 3.05) is 0 Å². The zero-order chi connectivity index (χ0) is 22.5. The fraction of sp³-hybridized carbons (Fsp3) is 0.0435. The molecule has 3 aromatic carbocycles. The number of ether oxygens (including phenoxy) is 1. The first-order valence-electron chi connectivity index (χ1n) is 9.48. The van der Waals surface area contributed by atoms with Gasteiger partial charge in [0.05, 0.1) is 20.5 Å². The Labute approximate surface area is 192 Å². The number of nitrogens with zero attached hydrogens (tertiary/aromatic N) is 2. The summed E-state index contributed by atoms with van der Waals surface area (Å²) in [5.74, 6) is 0.251. The van der Waals surface area contributed by atoms with E-state index in [0.29, 0.717) is 20.8 Å². The molecule has 0 bridgehead atoms. The van der Waals surface area contributed by atoms with Crippen LogP contribution < -0.4 is 10.1 Å². The molecule has 1 heterocycles. The normalized spacial score (nSPS) is 15.7. The molecule has 0 aliphatic carbocycles. The molecule has 0 unspecified atom stereocenters. The highest BCUT2D eigenvalue weighted by Gasteiger charge is 2.23. The van der Waals surface area contributed by atoms with Gasteiger partial charge in [0.15, 0.2) is 5.17 Å². The number of thioether (sulfide) groups is 1. The molecule has 0 saturated carbocycles. The van der Waals surface area contributed by atoms with Crippen LogP contribution in [-0.4, -0.2) is 16.0 Å². The van der Waals surface area contributed by atoms with E-state index in [-0.39, 0.29) is 18.2 Å². The maximum atomic E-state index is 12.3. The van der Waals surface area contributed by atoms with Gasteiger partial charge < -0.3 is 10.1 Å². The number of non-ortho nitro benzene ring substituents is 1. The summed E-state index contributed by atoms with van der Waals surface area (Å²) >= 11 is 7.60. The van der Waals surface area contributed by atoms with Gasteiger partial charge in [-0.2, -0.15) is 0 Å². The Morgan fingerprint density at radius 3 is 2.53 bits per heavy atom. The summed E-state index contributed by atoms with van der Waals surface area (Å²) in [6.07, 6.45) is 1.74. The summed E-state index contributed by atoms with van der Waals surface area (Å²) in [5.41, 5.74) is 2.31. The number of nitrogens with one attached hydrogen (secondary N) is 1. The van der Waals surface area contributed by atoms with E-state index in [4.69, 9.17) is 16.3 Å². The second-order valence-electron chi connectivity index (χ2n) is 6.72. The lowest BCUT2D eigenvalue weighted by molar-refractivity contribution is -0.384. The molecule has 160 valence electrons. The molecule has 0 atom stereocenters. The van der Waals surface area contributed by atoms with Crippen LogP contribution in [0.2, 0.25) is 5.02 Å². The topological polar surface area (TPSA) is 93.8 Å². The Bertz CT molecular complexity index is 1230. The molecule has 9 heteroatoms. The van der Waals surface area contributed by atoms with Crippen LogP contribution in [0.3, 0.4) is 0 Å². The lowest BCUT2D eigenvalue weighted by Crippen LogP contribution is -2.19. The molecular weight excluding hydrogens is 450 g/mol. The van der Waals surface area contributed by atoms with Crippen molar-refractivity contribution in [2.24, 2.45) is 4.99 Å². The first-order chi connectivity index (χ1) is 15.5. The number of hydrogen-bond donors (Lipinski definition) is 1. The Morgan fingerprint density at radius 1 is 1.09 bits per heavy atom. The number of nitro groups is 1. The third-order valence-electron chi connectivity index (χ3n) is 4.43. The van der Waals surface area contributed by atoms with Gasteiger partial charge in [-0.15, -0.1) is 0 Å². The third kappa shape index (κ3) is 5.35. The second kappa shape index (κ2) is 9.67. The average Bonchev–Trinajstić information content (AvgIpc) is 3.12. The molecule has 3 aromatic rings. The molecule has 0 aromatic heterocycles. The standard InChI is InChI=1S/C23H16ClN3O4S/c24-19-12-16(8-11-20(19)31-14-15-6-9-18(10-7-15)27(29)30)13-21-22(28)26-23(32-21)25-17-4-2-1-3-5-17/h1-13H,14H2,(H,25,26,28)/b21-13-. The van der Waals surface area contributed by atoms with Gasteiger partial charge in [0.1, 0.15) is 12.4 Å². The molecule has 0 spiro atoms. The van der Waals surface area contributed by atoms with Crippen LogP contribution in [0.25, 0.3) is 6.08 Å². The summed E-state index contributed by atoms with van der Waals surface area (Å²) in [6, 6.07) is 20.7. The summed E-state index contributed by atoms with van der Waals surface area (Å²) in [6.45, 7) is 0.218. The summed E-state index contributed by atoms with van der Waals surface area (Å²) in [5, 5.41) is 14.4. The summed E-state index contributed by atoms with van der Waals surface area (Å²) in [7, 11) is 0. The van der Waals surface area contributed by atoms with Gasteiger partial charge in [0, 0.05) is 12.1 Å². The van der Waals surface area contributed by atoms with Gasteiger partial charge in [-0.25, -0.2) is 4.99 Å². The molecule has 4 rings (SSSR count). The number of nitro benzene ring substituents is 1. The molecule has 7 nitrogen and oxygen atoms in total. The van der Waals surface area contributed by atoms with Crippen LogP contribution in [0.1, 0.15) is 11.1 Å². The van der Waals surface area contributed by atoms with Crippen molar-refractivity contribution in [3.8, 4) is 5.75 Å². The van der Waals surface area contributed by atoms with Crippen LogP contribution in [-0.2, 0) is 11.4 Å². The van der Waals surface area contributed by atoms with Crippen LogP contribution >= 0.6 is 23.4 Å². The van der Waals surface area contributed by atoms with Crippen molar-refractivity contribution in [1.29, 1.82) is 0 Å². The summed E-state index contributed by atoms with van der Waals surface area (Å²) < 4.78 is 5.73. The van der Waals surface area contributed by atoms with E-state index < -0.39 is 4.92 Å². The second-order valence-corrected chi connectivity index (χ2v) is 8.16. The molecule has 32 heavy (non-hydrogen) atoms. The number of benzene rings is 3. The van der Waals surface area contributed by atoms with E-state index in [1.54, 1.807) is 36.4 Å². The number of hydrogen-bond acceptors (Lipinski definition) is 6. The lowest BCUT2D eigenvalue weighted by Gasteiger charge is -2.09. The van der Waals surface area contributed by atoms with E-state index in [0.717, 1.165) is 16.8 Å². The van der Waals surface area contributed by atoms with Crippen LogP contribution in [0.15, 0.2) is 82.7 Å². The lowest BCUT2D eigenvalue weighted by atomic mass is 10.2. The highest BCUT2D eigenvalue weighted by Crippen LogP contribution is 2.31. The van der Waals surface area contributed by atoms with Crippen molar-refractivity contribution in [3.05, 3.63) is 104 Å². The minimum Gasteiger partial charge on any atom is -0.487 e. The molecule has 1 fully saturated rings. The van der Waals surface area contributed by atoms with Gasteiger partial charge in [0.25, 0.3) is 11.6 Å². The monoisotopic (exact) mass is 465 g/mol. The van der Waals surface area contributed by atoms with Crippen molar-refractivity contribution < 1.29 is 14.5 Å². The number of carbonyl (C=O) groups is 1. The fourth-order valence-corrected chi connectivity index (χ4v) is 3.94. The van der Waals surface area contributed by atoms with E-state index in [1.165, 1.54) is 23.9 Å². The SMILES string of the molecule is O=C1NC(=Nc2ccccc2)S/C1=C\c1ccc(OCc2ccc([N+](=O)[O-])cc2)c(Cl)c1. The quantitative estimate of drug-likeness (QED) is 0.285. The first kappa shape index (κ1) is 21.6. The van der Waals surface area contributed by atoms with Crippen molar-refractivity contribution in [2.45, 2.75) is 6.61 Å². The van der Waals surface area contributed by atoms with Crippen molar-refractivity contribution >= 4 is 51.9 Å². The molecule has 1 amide bonds. The zero-order valence-electron chi connectivity index (χ0n) is 16.5. The molecule has 1 N–H and O–H groups in total. The highest BCUT2D eigenvalue weighted by atomic mass is 35.5. The Balaban J connectivity index is 1.42. The Kier molecular flexibility index (Phi) is 6.53. The molecule has 0 radical (unpaired) electrons. The number of carbonyl (C=O) groups excluding carboxylic acids is 1. The van der Waals surface area contributed by atoms with E-state index in [9.17, 15) is 14.9 Å². The van der Waals surface area contributed by atoms with Gasteiger partial charge in [0.2, 0.25) is 0 Å². The minimum atomic E-state index is -0.450. The third-order valence-corrected chi connectivity index (χ3v) is 5.64. The van der Waals surface area contributed by atoms with E-state index in [1.807, 2.05) is 30.3 Å². The van der Waals surface area contributed by atoms with Crippen molar-refractivity contribution in [3.63, 3.8) is 0 Å². The predicted molar refractivity (Wildman–Crippen MR) is 126 cm³/mol. The predicted octanol–water partition coefficient (Wildman–Crippen LogP) is 5.72. The Hall–Kier alpha value is -3.62.